The highest BCUT2D eigenvalue weighted by molar-refractivity contribution is 6.33. The number of carbonyl (C=O) groups excluding carboxylic acids is 1. The zero-order valence-electron chi connectivity index (χ0n) is 17.1. The molecule has 8 heteroatoms. The lowest BCUT2D eigenvalue weighted by Gasteiger charge is -2.15. The fraction of sp³-hybridized carbons (Fsp3) is 0.217. The molecule has 0 aliphatic heterocycles. The number of benzene rings is 2. The molecule has 1 heterocycles. The van der Waals surface area contributed by atoms with E-state index in [4.69, 9.17) is 26.8 Å². The van der Waals surface area contributed by atoms with Crippen LogP contribution in [0.15, 0.2) is 55.0 Å². The summed E-state index contributed by atoms with van der Waals surface area (Å²) < 4.78 is 11.3. The predicted molar refractivity (Wildman–Crippen MR) is 122 cm³/mol. The lowest BCUT2D eigenvalue weighted by Crippen LogP contribution is -2.20. The van der Waals surface area contributed by atoms with E-state index in [1.165, 1.54) is 20.0 Å². The Kier molecular flexibility index (Phi) is 5.86. The maximum Gasteiger partial charge on any atom is 0.252 e. The molecule has 31 heavy (non-hydrogen) atoms. The van der Waals surface area contributed by atoms with Gasteiger partial charge in [-0.25, -0.2) is 0 Å². The molecule has 7 nitrogen and oxygen atoms in total. The first-order chi connectivity index (χ1) is 14.9. The quantitative estimate of drug-likeness (QED) is 0.449. The van der Waals surface area contributed by atoms with E-state index in [0.29, 0.717) is 39.0 Å². The average Bonchev–Trinajstić information content (AvgIpc) is 3.58. The van der Waals surface area contributed by atoms with Gasteiger partial charge in [-0.15, -0.1) is 0 Å². The minimum absolute atomic E-state index is 0.252. The number of amides is 1. The lowest BCUT2D eigenvalue weighted by atomic mass is 10.1. The highest BCUT2D eigenvalue weighted by Gasteiger charge is 2.20. The first-order valence-electron chi connectivity index (χ1n) is 9.88. The SMILES string of the molecule is C=C(NCC1CC1)Nc1ccc(Oc2ccnc3cc(OC)c(C(N)=O)cc23)cc1Cl. The summed E-state index contributed by atoms with van der Waals surface area (Å²) in [7, 11) is 1.47. The number of pyridine rings is 1. The van der Waals surface area contributed by atoms with Crippen molar-refractivity contribution in [3.05, 3.63) is 65.6 Å². The van der Waals surface area contributed by atoms with Crippen molar-refractivity contribution in [1.29, 1.82) is 0 Å². The fourth-order valence-electron chi connectivity index (χ4n) is 3.18. The van der Waals surface area contributed by atoms with Crippen molar-refractivity contribution in [3.8, 4) is 17.2 Å². The minimum Gasteiger partial charge on any atom is -0.496 e. The maximum atomic E-state index is 11.8. The van der Waals surface area contributed by atoms with Gasteiger partial charge >= 0.3 is 0 Å². The van der Waals surface area contributed by atoms with Crippen molar-refractivity contribution in [2.45, 2.75) is 12.8 Å². The molecule has 1 aromatic heterocycles. The third-order valence-corrected chi connectivity index (χ3v) is 5.36. The number of methoxy groups -OCH3 is 1. The van der Waals surface area contributed by atoms with E-state index in [1.54, 1.807) is 36.5 Å². The molecule has 0 radical (unpaired) electrons. The van der Waals surface area contributed by atoms with Gasteiger partial charge in [0.15, 0.2) is 0 Å². The number of hydrogen-bond donors (Lipinski definition) is 3. The Morgan fingerprint density at radius 1 is 1.26 bits per heavy atom. The third-order valence-electron chi connectivity index (χ3n) is 5.04. The molecule has 1 amide bonds. The number of carbonyl (C=O) groups is 1. The number of aromatic nitrogens is 1. The molecule has 0 atom stereocenters. The normalized spacial score (nSPS) is 13.0. The van der Waals surface area contributed by atoms with Crippen LogP contribution < -0.4 is 25.8 Å². The highest BCUT2D eigenvalue weighted by atomic mass is 35.5. The zero-order chi connectivity index (χ0) is 22.0. The number of fused-ring (bicyclic) bond motifs is 1. The molecule has 4 rings (SSSR count). The number of hydrogen-bond acceptors (Lipinski definition) is 6. The molecule has 3 aromatic rings. The Labute approximate surface area is 185 Å². The summed E-state index contributed by atoms with van der Waals surface area (Å²) in [6, 6.07) is 10.3. The molecule has 160 valence electrons. The second kappa shape index (κ2) is 8.73. The van der Waals surface area contributed by atoms with E-state index in [2.05, 4.69) is 22.2 Å². The van der Waals surface area contributed by atoms with E-state index in [-0.39, 0.29) is 5.56 Å². The van der Waals surface area contributed by atoms with E-state index in [0.717, 1.165) is 18.2 Å². The van der Waals surface area contributed by atoms with Crippen molar-refractivity contribution >= 4 is 34.1 Å². The molecule has 0 unspecified atom stereocenters. The first-order valence-corrected chi connectivity index (χ1v) is 10.3. The van der Waals surface area contributed by atoms with Gasteiger partial charge in [-0.2, -0.15) is 0 Å². The standard InChI is InChI=1S/C23H23ClN4O3/c1-13(27-12-14-3-4-14)28-19-6-5-15(9-18(19)24)31-21-7-8-26-20-11-22(30-2)17(23(25)29)10-16(20)21/h5-11,14,27-28H,1,3-4,12H2,2H3,(H2,25,29). The van der Waals surface area contributed by atoms with Crippen LogP contribution in [-0.2, 0) is 0 Å². The van der Waals surface area contributed by atoms with E-state index >= 15 is 0 Å². The van der Waals surface area contributed by atoms with E-state index in [9.17, 15) is 4.79 Å². The summed E-state index contributed by atoms with van der Waals surface area (Å²) >= 11 is 6.44. The molecule has 1 aliphatic rings. The Balaban J connectivity index is 1.55. The number of nitrogens with one attached hydrogen (secondary N) is 2. The molecule has 2 aromatic carbocycles. The molecule has 1 aliphatic carbocycles. The molecule has 0 bridgehead atoms. The number of nitrogens with zero attached hydrogens (tertiary/aromatic N) is 1. The Morgan fingerprint density at radius 3 is 2.74 bits per heavy atom. The molecule has 1 saturated carbocycles. The van der Waals surface area contributed by atoms with Crippen LogP contribution in [0.3, 0.4) is 0 Å². The van der Waals surface area contributed by atoms with Crippen molar-refractivity contribution in [2.75, 3.05) is 19.0 Å². The summed E-state index contributed by atoms with van der Waals surface area (Å²) in [6.45, 7) is 4.90. The van der Waals surface area contributed by atoms with E-state index < -0.39 is 5.91 Å². The maximum absolute atomic E-state index is 11.8. The number of halogens is 1. The molecular weight excluding hydrogens is 416 g/mol. The number of nitrogens with two attached hydrogens (primary N) is 1. The third kappa shape index (κ3) is 4.83. The Bertz CT molecular complexity index is 1160. The molecule has 0 saturated heterocycles. The van der Waals surface area contributed by atoms with Crippen molar-refractivity contribution in [2.24, 2.45) is 11.7 Å². The zero-order valence-corrected chi connectivity index (χ0v) is 17.8. The van der Waals surface area contributed by atoms with Crippen LogP contribution in [0, 0.1) is 5.92 Å². The number of rotatable bonds is 9. The lowest BCUT2D eigenvalue weighted by molar-refractivity contribution is 0.0997. The van der Waals surface area contributed by atoms with Gasteiger partial charge < -0.3 is 25.8 Å². The van der Waals surface area contributed by atoms with Gasteiger partial charge in [-0.3, -0.25) is 9.78 Å². The molecular formula is C23H23ClN4O3. The van der Waals surface area contributed by atoms with E-state index in [1.807, 2.05) is 6.07 Å². The van der Waals surface area contributed by atoms with Gasteiger partial charge in [0.25, 0.3) is 5.91 Å². The topological polar surface area (TPSA) is 98.5 Å². The van der Waals surface area contributed by atoms with Crippen molar-refractivity contribution < 1.29 is 14.3 Å². The number of ether oxygens (including phenoxy) is 2. The van der Waals surface area contributed by atoms with Crippen LogP contribution in [0.25, 0.3) is 10.9 Å². The van der Waals surface area contributed by atoms with Gasteiger partial charge in [0.1, 0.15) is 17.2 Å². The van der Waals surface area contributed by atoms with Crippen molar-refractivity contribution in [1.82, 2.24) is 10.3 Å². The summed E-state index contributed by atoms with van der Waals surface area (Å²) in [6.07, 6.45) is 4.16. The Morgan fingerprint density at radius 2 is 2.06 bits per heavy atom. The predicted octanol–water partition coefficient (Wildman–Crippen LogP) is 4.67. The summed E-state index contributed by atoms with van der Waals surface area (Å²) in [4.78, 5) is 16.1. The molecule has 1 fully saturated rings. The second-order valence-electron chi connectivity index (χ2n) is 7.41. The molecule has 0 spiro atoms. The highest BCUT2D eigenvalue weighted by Crippen LogP contribution is 2.35. The smallest absolute Gasteiger partial charge is 0.252 e. The van der Waals surface area contributed by atoms with Crippen LogP contribution in [0.1, 0.15) is 23.2 Å². The minimum atomic E-state index is -0.595. The summed E-state index contributed by atoms with van der Waals surface area (Å²) in [5.41, 5.74) is 7.07. The number of anilines is 1. The number of primary amides is 1. The van der Waals surface area contributed by atoms with Crippen LogP contribution in [0.2, 0.25) is 5.02 Å². The Hall–Kier alpha value is -3.45. The second-order valence-corrected chi connectivity index (χ2v) is 7.82. The van der Waals surface area contributed by atoms with Crippen LogP contribution >= 0.6 is 11.6 Å². The van der Waals surface area contributed by atoms with Crippen LogP contribution in [0.4, 0.5) is 5.69 Å². The summed E-state index contributed by atoms with van der Waals surface area (Å²) in [5.74, 6) is 2.27. The van der Waals surface area contributed by atoms with Gasteiger partial charge in [0.2, 0.25) is 0 Å². The monoisotopic (exact) mass is 438 g/mol. The fourth-order valence-corrected chi connectivity index (χ4v) is 3.40. The van der Waals surface area contributed by atoms with Gasteiger partial charge in [-0.1, -0.05) is 18.2 Å². The largest absolute Gasteiger partial charge is 0.496 e. The van der Waals surface area contributed by atoms with Gasteiger partial charge in [-0.05, 0) is 43.0 Å². The first kappa shape index (κ1) is 20.8. The van der Waals surface area contributed by atoms with Crippen LogP contribution in [-0.4, -0.2) is 24.5 Å². The van der Waals surface area contributed by atoms with Gasteiger partial charge in [0.05, 0.1) is 34.7 Å². The van der Waals surface area contributed by atoms with Crippen molar-refractivity contribution in [3.63, 3.8) is 0 Å². The van der Waals surface area contributed by atoms with Crippen LogP contribution in [0.5, 0.6) is 17.2 Å². The molecule has 4 N–H and O–H groups in total. The average molecular weight is 439 g/mol. The van der Waals surface area contributed by atoms with Gasteiger partial charge in [0, 0.05) is 30.3 Å². The summed E-state index contributed by atoms with van der Waals surface area (Å²) in [5, 5.41) is 7.57.